The second-order valence-corrected chi connectivity index (χ2v) is 7.17. The molecule has 1 aliphatic rings. The molecular weight excluding hydrogens is 377 g/mol. The number of benzene rings is 1. The fourth-order valence-electron chi connectivity index (χ4n) is 2.99. The lowest BCUT2D eigenvalue weighted by Gasteiger charge is -2.31. The number of carbonyl (C=O) groups excluding carboxylic acids is 1. The van der Waals surface area contributed by atoms with E-state index in [-0.39, 0.29) is 30.7 Å². The van der Waals surface area contributed by atoms with Gasteiger partial charge in [0.1, 0.15) is 0 Å². The first-order valence-electron chi connectivity index (χ1n) is 8.09. The number of nitrogens with one attached hydrogen (secondary N) is 1. The monoisotopic (exact) mass is 401 g/mol. The van der Waals surface area contributed by atoms with Gasteiger partial charge in [-0.1, -0.05) is 12.1 Å². The maximum absolute atomic E-state index is 12.1. The summed E-state index contributed by atoms with van der Waals surface area (Å²) in [6.45, 7) is 4.02. The van der Waals surface area contributed by atoms with E-state index in [1.54, 1.807) is 18.2 Å². The molecule has 0 radical (unpaired) electrons. The van der Waals surface area contributed by atoms with Gasteiger partial charge in [-0.15, -0.1) is 36.2 Å². The van der Waals surface area contributed by atoms with Crippen molar-refractivity contribution in [1.82, 2.24) is 10.2 Å². The van der Waals surface area contributed by atoms with Crippen LogP contribution in [0.5, 0.6) is 0 Å². The van der Waals surface area contributed by atoms with E-state index in [0.717, 1.165) is 39.0 Å². The molecule has 7 heteroatoms. The van der Waals surface area contributed by atoms with Crippen LogP contribution in [0.2, 0.25) is 0 Å². The number of anilines is 1. The zero-order chi connectivity index (χ0) is 16.1. The number of thiophene rings is 1. The number of nitrogen functional groups attached to an aromatic ring is 1. The predicted octanol–water partition coefficient (Wildman–Crippen LogP) is 3.82. The van der Waals surface area contributed by atoms with Gasteiger partial charge >= 0.3 is 0 Å². The zero-order valence-corrected chi connectivity index (χ0v) is 16.5. The summed E-state index contributed by atoms with van der Waals surface area (Å²) >= 11 is 1.82. The van der Waals surface area contributed by atoms with Crippen LogP contribution < -0.4 is 11.1 Å². The smallest absolute Gasteiger partial charge is 0.251 e. The van der Waals surface area contributed by atoms with Crippen LogP contribution in [0, 0.1) is 5.92 Å². The summed E-state index contributed by atoms with van der Waals surface area (Å²) in [5, 5.41) is 5.18. The molecular formula is C18H25Cl2N3OS. The summed E-state index contributed by atoms with van der Waals surface area (Å²) in [5.41, 5.74) is 6.99. The maximum atomic E-state index is 12.1. The van der Waals surface area contributed by atoms with Gasteiger partial charge in [-0.2, -0.15) is 0 Å². The molecule has 25 heavy (non-hydrogen) atoms. The molecule has 2 aromatic rings. The van der Waals surface area contributed by atoms with E-state index in [2.05, 4.69) is 27.7 Å². The van der Waals surface area contributed by atoms with Crippen molar-refractivity contribution in [2.24, 2.45) is 5.92 Å². The number of nitrogens with zero attached hydrogens (tertiary/aromatic N) is 1. The van der Waals surface area contributed by atoms with E-state index in [9.17, 15) is 4.79 Å². The Morgan fingerprint density at radius 3 is 2.60 bits per heavy atom. The van der Waals surface area contributed by atoms with Crippen molar-refractivity contribution in [3.63, 3.8) is 0 Å². The van der Waals surface area contributed by atoms with Gasteiger partial charge in [-0.3, -0.25) is 9.69 Å². The highest BCUT2D eigenvalue weighted by atomic mass is 35.5. The summed E-state index contributed by atoms with van der Waals surface area (Å²) in [6, 6.07) is 11.4. The van der Waals surface area contributed by atoms with Gasteiger partial charge in [0.2, 0.25) is 0 Å². The highest BCUT2D eigenvalue weighted by Crippen LogP contribution is 2.20. The minimum absolute atomic E-state index is 0. The molecule has 0 atom stereocenters. The summed E-state index contributed by atoms with van der Waals surface area (Å²) in [5.74, 6) is 0.540. The van der Waals surface area contributed by atoms with Crippen molar-refractivity contribution in [2.45, 2.75) is 19.4 Å². The number of hydrogen-bond donors (Lipinski definition) is 2. The van der Waals surface area contributed by atoms with Crippen molar-refractivity contribution in [1.29, 1.82) is 0 Å². The molecule has 4 nitrogen and oxygen atoms in total. The third-order valence-corrected chi connectivity index (χ3v) is 5.23. The quantitative estimate of drug-likeness (QED) is 0.748. The topological polar surface area (TPSA) is 58.4 Å². The van der Waals surface area contributed by atoms with Crippen LogP contribution in [0.4, 0.5) is 5.69 Å². The first-order chi connectivity index (χ1) is 11.2. The largest absolute Gasteiger partial charge is 0.399 e. The highest BCUT2D eigenvalue weighted by molar-refractivity contribution is 7.09. The molecule has 0 unspecified atom stereocenters. The molecule has 1 saturated heterocycles. The Morgan fingerprint density at radius 2 is 1.96 bits per heavy atom. The number of amides is 1. The molecule has 1 aromatic heterocycles. The molecule has 0 spiro atoms. The van der Waals surface area contributed by atoms with Crippen molar-refractivity contribution < 1.29 is 4.79 Å². The average Bonchev–Trinajstić information content (AvgIpc) is 3.07. The van der Waals surface area contributed by atoms with E-state index in [1.165, 1.54) is 4.88 Å². The van der Waals surface area contributed by atoms with E-state index < -0.39 is 0 Å². The van der Waals surface area contributed by atoms with Gasteiger partial charge in [0.05, 0.1) is 0 Å². The van der Waals surface area contributed by atoms with Crippen molar-refractivity contribution in [2.75, 3.05) is 25.4 Å². The number of likely N-dealkylation sites (tertiary alicyclic amines) is 1. The average molecular weight is 402 g/mol. The van der Waals surface area contributed by atoms with Crippen LogP contribution in [0.15, 0.2) is 41.8 Å². The molecule has 1 amide bonds. The molecule has 1 aromatic carbocycles. The van der Waals surface area contributed by atoms with E-state index in [4.69, 9.17) is 5.73 Å². The molecule has 1 fully saturated rings. The summed E-state index contributed by atoms with van der Waals surface area (Å²) in [7, 11) is 0. The van der Waals surface area contributed by atoms with Crippen LogP contribution in [-0.2, 0) is 6.54 Å². The van der Waals surface area contributed by atoms with Crippen molar-refractivity contribution >= 4 is 47.7 Å². The normalized spacial score (nSPS) is 15.0. The molecule has 138 valence electrons. The van der Waals surface area contributed by atoms with Crippen LogP contribution in [0.25, 0.3) is 0 Å². The minimum atomic E-state index is -0.0293. The van der Waals surface area contributed by atoms with E-state index in [1.807, 2.05) is 17.4 Å². The summed E-state index contributed by atoms with van der Waals surface area (Å²) in [6.07, 6.45) is 2.28. The summed E-state index contributed by atoms with van der Waals surface area (Å²) < 4.78 is 0. The van der Waals surface area contributed by atoms with Gasteiger partial charge in [0.15, 0.2) is 0 Å². The first-order valence-corrected chi connectivity index (χ1v) is 8.97. The molecule has 1 aliphatic heterocycles. The Hall–Kier alpha value is -1.27. The Kier molecular flexibility index (Phi) is 9.28. The second-order valence-electron chi connectivity index (χ2n) is 6.13. The van der Waals surface area contributed by atoms with Gasteiger partial charge in [0.25, 0.3) is 5.91 Å². The molecule has 3 rings (SSSR count). The third kappa shape index (κ3) is 6.51. The fraction of sp³-hybridized carbons (Fsp3) is 0.389. The van der Waals surface area contributed by atoms with Crippen molar-refractivity contribution in [3.8, 4) is 0 Å². The third-order valence-electron chi connectivity index (χ3n) is 4.37. The number of nitrogens with two attached hydrogens (primary N) is 1. The molecule has 3 N–H and O–H groups in total. The lowest BCUT2D eigenvalue weighted by atomic mass is 9.96. The Labute approximate surface area is 165 Å². The zero-order valence-electron chi connectivity index (χ0n) is 14.0. The lowest BCUT2D eigenvalue weighted by Crippen LogP contribution is -2.38. The van der Waals surface area contributed by atoms with Crippen molar-refractivity contribution in [3.05, 3.63) is 52.2 Å². The number of rotatable bonds is 5. The molecule has 0 saturated carbocycles. The molecule has 0 bridgehead atoms. The number of halogens is 2. The SMILES string of the molecule is Cl.Cl.Nc1cccc(C(=O)NCC2CCN(Cc3cccs3)CC2)c1. The Bertz CT molecular complexity index is 644. The highest BCUT2D eigenvalue weighted by Gasteiger charge is 2.20. The Morgan fingerprint density at radius 1 is 1.20 bits per heavy atom. The standard InChI is InChI=1S/C18H23N3OS.2ClH/c19-16-4-1-3-15(11-16)18(22)20-12-14-6-8-21(9-7-14)13-17-5-2-10-23-17;;/h1-5,10-11,14H,6-9,12-13,19H2,(H,20,22);2*1H. The van der Waals surface area contributed by atoms with Gasteiger partial charge in [-0.25, -0.2) is 0 Å². The second kappa shape index (κ2) is 10.7. The molecule has 2 heterocycles. The van der Waals surface area contributed by atoms with Crippen LogP contribution >= 0.6 is 36.2 Å². The number of carbonyl (C=O) groups is 1. The first kappa shape index (κ1) is 21.8. The van der Waals surface area contributed by atoms with Crippen LogP contribution in [0.3, 0.4) is 0 Å². The van der Waals surface area contributed by atoms with Crippen LogP contribution in [-0.4, -0.2) is 30.4 Å². The van der Waals surface area contributed by atoms with Gasteiger partial charge < -0.3 is 11.1 Å². The lowest BCUT2D eigenvalue weighted by molar-refractivity contribution is 0.0935. The fourth-order valence-corrected chi connectivity index (χ4v) is 3.74. The maximum Gasteiger partial charge on any atom is 0.251 e. The number of hydrogen-bond acceptors (Lipinski definition) is 4. The predicted molar refractivity (Wildman–Crippen MR) is 110 cm³/mol. The number of piperidine rings is 1. The van der Waals surface area contributed by atoms with Gasteiger partial charge in [-0.05, 0) is 61.5 Å². The van der Waals surface area contributed by atoms with Crippen LogP contribution in [0.1, 0.15) is 28.1 Å². The minimum Gasteiger partial charge on any atom is -0.399 e. The van der Waals surface area contributed by atoms with E-state index in [0.29, 0.717) is 17.2 Å². The van der Waals surface area contributed by atoms with Gasteiger partial charge in [0, 0.05) is 29.2 Å². The summed E-state index contributed by atoms with van der Waals surface area (Å²) in [4.78, 5) is 16.1. The van der Waals surface area contributed by atoms with E-state index >= 15 is 0 Å². The Balaban J connectivity index is 0.00000156. The molecule has 0 aliphatic carbocycles.